The van der Waals surface area contributed by atoms with E-state index < -0.39 is 11.6 Å². The van der Waals surface area contributed by atoms with Crippen LogP contribution in [0.3, 0.4) is 0 Å². The Hall–Kier alpha value is -0.900. The maximum absolute atomic E-state index is 10.5. The Morgan fingerprint density at radius 2 is 0.952 bits per heavy atom. The molecule has 2 heterocycles. The number of carbonyl (C=O) groups is 2. The second-order valence-electron chi connectivity index (χ2n) is 14.1. The number of Topliss-reactive ketones (excluding diaryl/α,β-unsaturated/α-hetero) is 2. The molecule has 4 aliphatic rings. The lowest BCUT2D eigenvalue weighted by atomic mass is 9.82. The van der Waals surface area contributed by atoms with E-state index in [1.165, 1.54) is 12.8 Å². The van der Waals surface area contributed by atoms with E-state index in [4.69, 9.17) is 29.2 Å². The highest BCUT2D eigenvalue weighted by Crippen LogP contribution is 2.47. The molecule has 8 nitrogen and oxygen atoms in total. The van der Waals surface area contributed by atoms with Gasteiger partial charge in [0.1, 0.15) is 11.6 Å². The number of hydrogen-bond acceptors (Lipinski definition) is 8. The van der Waals surface area contributed by atoms with Crippen LogP contribution in [-0.2, 0) is 28.5 Å². The summed E-state index contributed by atoms with van der Waals surface area (Å²) in [6.45, 7) is 16.3. The lowest BCUT2D eigenvalue weighted by Gasteiger charge is -2.52. The van der Waals surface area contributed by atoms with Gasteiger partial charge in [0.15, 0.2) is 11.6 Å². The van der Waals surface area contributed by atoms with Crippen molar-refractivity contribution in [2.45, 2.75) is 150 Å². The molecule has 42 heavy (non-hydrogen) atoms. The van der Waals surface area contributed by atoms with Gasteiger partial charge in [-0.1, -0.05) is 68.2 Å². The maximum atomic E-state index is 10.5. The molecule has 2 saturated heterocycles. The number of aliphatic hydroxyl groups excluding tert-OH is 2. The fourth-order valence-corrected chi connectivity index (χ4v) is 6.09. The smallest absolute Gasteiger partial charge is 0.168 e. The topological polar surface area (TPSA) is 112 Å². The third-order valence-corrected chi connectivity index (χ3v) is 9.20. The molecule has 4 rings (SSSR count). The Bertz CT molecular complexity index is 709. The molecule has 0 bridgehead atoms. The first-order chi connectivity index (χ1) is 19.3. The molecular formula is C34H64O8. The molecule has 2 aliphatic heterocycles. The van der Waals surface area contributed by atoms with Crippen molar-refractivity contribution in [3.63, 3.8) is 0 Å². The van der Waals surface area contributed by atoms with Crippen LogP contribution in [0.1, 0.15) is 139 Å². The van der Waals surface area contributed by atoms with Gasteiger partial charge in [0.2, 0.25) is 0 Å². The van der Waals surface area contributed by atoms with Gasteiger partial charge in [-0.25, -0.2) is 0 Å². The van der Waals surface area contributed by atoms with Crippen molar-refractivity contribution in [2.24, 2.45) is 16.2 Å². The third kappa shape index (κ3) is 11.9. The molecule has 2 saturated carbocycles. The van der Waals surface area contributed by atoms with E-state index in [9.17, 15) is 9.59 Å². The number of aliphatic hydroxyl groups is 2. The summed E-state index contributed by atoms with van der Waals surface area (Å²) in [5, 5.41) is 17.5. The fraction of sp³-hybridized carbons (Fsp3) is 0.941. The van der Waals surface area contributed by atoms with Gasteiger partial charge in [-0.15, -0.1) is 0 Å². The van der Waals surface area contributed by atoms with Crippen LogP contribution in [0, 0.1) is 16.2 Å². The predicted molar refractivity (Wildman–Crippen MR) is 166 cm³/mol. The molecule has 2 N–H and O–H groups in total. The fourth-order valence-electron chi connectivity index (χ4n) is 6.09. The second kappa shape index (κ2) is 17.6. The molecule has 0 atom stereocenters. The first kappa shape index (κ1) is 39.1. The molecular weight excluding hydrogens is 536 g/mol. The molecule has 0 unspecified atom stereocenters. The van der Waals surface area contributed by atoms with Crippen molar-refractivity contribution < 1.29 is 38.7 Å². The first-order valence-electron chi connectivity index (χ1n) is 16.1. The molecule has 0 aromatic carbocycles. The Labute approximate surface area is 256 Å². The molecule has 0 amide bonds. The highest BCUT2D eigenvalue weighted by molar-refractivity contribution is 5.92. The van der Waals surface area contributed by atoms with Gasteiger partial charge in [0, 0.05) is 67.6 Å². The predicted octanol–water partition coefficient (Wildman–Crippen LogP) is 6.77. The highest BCUT2D eigenvalue weighted by Gasteiger charge is 2.51. The first-order valence-corrected chi connectivity index (χ1v) is 16.1. The van der Waals surface area contributed by atoms with Crippen LogP contribution in [0.25, 0.3) is 0 Å². The highest BCUT2D eigenvalue weighted by atomic mass is 16.7. The quantitative estimate of drug-likeness (QED) is 0.314. The van der Waals surface area contributed by atoms with Crippen LogP contribution in [0.5, 0.6) is 0 Å². The zero-order valence-corrected chi connectivity index (χ0v) is 27.0. The van der Waals surface area contributed by atoms with Gasteiger partial charge < -0.3 is 29.2 Å². The molecule has 0 aromatic rings. The van der Waals surface area contributed by atoms with E-state index in [2.05, 4.69) is 27.7 Å². The standard InChI is InChI=1S/C20H36O4.C7H16O2.C6H8O2.CH4/c1-5-7-17(3)13-21-19(22-14-17)9-11-20(12-10-19)23-15-18(4,8-6-2)16-24-20;1-3-4-7(2,5-8)6-9;7-5-1-2-6(8)4-3-5;/h5-16H2,1-4H3;8-9H,3-6H2,1-2H3;1-4H2;1H4. The van der Waals surface area contributed by atoms with E-state index in [0.717, 1.165) is 77.8 Å². The summed E-state index contributed by atoms with van der Waals surface area (Å²) >= 11 is 0. The zero-order valence-electron chi connectivity index (χ0n) is 27.0. The SMILES string of the molecule is C.CCCC(C)(CO)CO.CCCC1(C)COC2(CCC3(CC2)OCC(C)(CCC)CO3)OC1.O=C1CCC(=O)CC1. The van der Waals surface area contributed by atoms with Gasteiger partial charge in [0.25, 0.3) is 0 Å². The van der Waals surface area contributed by atoms with E-state index in [-0.39, 0.29) is 48.5 Å². The van der Waals surface area contributed by atoms with Crippen molar-refractivity contribution in [3.05, 3.63) is 0 Å². The summed E-state index contributed by atoms with van der Waals surface area (Å²) in [6, 6.07) is 0. The van der Waals surface area contributed by atoms with Crippen LogP contribution >= 0.6 is 0 Å². The van der Waals surface area contributed by atoms with Crippen LogP contribution in [-0.4, -0.2) is 73.0 Å². The van der Waals surface area contributed by atoms with E-state index in [1.54, 1.807) is 0 Å². The van der Waals surface area contributed by atoms with E-state index in [0.29, 0.717) is 25.7 Å². The average molecular weight is 601 g/mol. The summed E-state index contributed by atoms with van der Waals surface area (Å²) in [5.41, 5.74) is 0.0959. The Balaban J connectivity index is 0.000000404. The van der Waals surface area contributed by atoms with E-state index in [1.807, 2.05) is 13.8 Å². The lowest BCUT2D eigenvalue weighted by Crippen LogP contribution is -2.56. The molecule has 0 radical (unpaired) electrons. The van der Waals surface area contributed by atoms with Crippen molar-refractivity contribution in [1.29, 1.82) is 0 Å². The molecule has 0 aromatic heterocycles. The molecule has 8 heteroatoms. The minimum atomic E-state index is -0.393. The summed E-state index contributed by atoms with van der Waals surface area (Å²) < 4.78 is 25.0. The van der Waals surface area contributed by atoms with Gasteiger partial charge in [-0.2, -0.15) is 0 Å². The number of ketones is 2. The lowest BCUT2D eigenvalue weighted by molar-refractivity contribution is -0.366. The van der Waals surface area contributed by atoms with Crippen LogP contribution < -0.4 is 0 Å². The maximum Gasteiger partial charge on any atom is 0.168 e. The number of hydrogen-bond donors (Lipinski definition) is 2. The number of ether oxygens (including phenoxy) is 4. The number of carbonyl (C=O) groups excluding carboxylic acids is 2. The van der Waals surface area contributed by atoms with Gasteiger partial charge in [-0.05, 0) is 19.3 Å². The molecule has 248 valence electrons. The van der Waals surface area contributed by atoms with Crippen LogP contribution in [0.2, 0.25) is 0 Å². The summed E-state index contributed by atoms with van der Waals surface area (Å²) in [6.07, 6.45) is 12.0. The Morgan fingerprint density at radius 3 is 1.17 bits per heavy atom. The van der Waals surface area contributed by atoms with E-state index >= 15 is 0 Å². The van der Waals surface area contributed by atoms with Crippen LogP contribution in [0.4, 0.5) is 0 Å². The summed E-state index contributed by atoms with van der Waals surface area (Å²) in [7, 11) is 0. The van der Waals surface area contributed by atoms with Crippen molar-refractivity contribution in [1.82, 2.24) is 0 Å². The minimum absolute atomic E-state index is 0. The van der Waals surface area contributed by atoms with Crippen molar-refractivity contribution in [2.75, 3.05) is 39.6 Å². The summed E-state index contributed by atoms with van der Waals surface area (Å²) in [5.74, 6) is -0.306. The average Bonchev–Trinajstić information content (AvgIpc) is 2.97. The normalized spacial score (nSPS) is 33.2. The minimum Gasteiger partial charge on any atom is -0.396 e. The monoisotopic (exact) mass is 600 g/mol. The molecule has 2 spiro atoms. The molecule has 4 fully saturated rings. The van der Waals surface area contributed by atoms with Crippen molar-refractivity contribution in [3.8, 4) is 0 Å². The van der Waals surface area contributed by atoms with Gasteiger partial charge in [-0.3, -0.25) is 9.59 Å². The Kier molecular flexibility index (Phi) is 16.4. The van der Waals surface area contributed by atoms with Crippen molar-refractivity contribution >= 4 is 11.6 Å². The van der Waals surface area contributed by atoms with Gasteiger partial charge in [0.05, 0.1) is 39.6 Å². The third-order valence-electron chi connectivity index (χ3n) is 9.20. The second-order valence-corrected chi connectivity index (χ2v) is 14.1. The Morgan fingerprint density at radius 1 is 0.643 bits per heavy atom. The van der Waals surface area contributed by atoms with Gasteiger partial charge >= 0.3 is 0 Å². The zero-order chi connectivity index (χ0) is 30.6. The number of rotatable bonds is 8. The van der Waals surface area contributed by atoms with Crippen LogP contribution in [0.15, 0.2) is 0 Å². The molecule has 2 aliphatic carbocycles. The largest absolute Gasteiger partial charge is 0.396 e. The summed E-state index contributed by atoms with van der Waals surface area (Å²) in [4.78, 5) is 20.9.